The summed E-state index contributed by atoms with van der Waals surface area (Å²) in [6.45, 7) is 0. The summed E-state index contributed by atoms with van der Waals surface area (Å²) in [5, 5.41) is 10.7. The van der Waals surface area contributed by atoms with Crippen LogP contribution in [-0.4, -0.2) is 37.9 Å². The first-order valence-corrected chi connectivity index (χ1v) is 3.61. The maximum Gasteiger partial charge on any atom is 0.364 e. The third kappa shape index (κ3) is 1.13. The zero-order valence-electron chi connectivity index (χ0n) is 7.09. The first-order chi connectivity index (χ1) is 6.72. The zero-order valence-corrected chi connectivity index (χ0v) is 7.09. The molecule has 8 heteroatoms. The molecule has 2 heterocycles. The summed E-state index contributed by atoms with van der Waals surface area (Å²) in [6.07, 6.45) is 1.26. The molecular weight excluding hydrogens is 190 g/mol. The molecule has 0 spiro atoms. The van der Waals surface area contributed by atoms with Crippen LogP contribution in [0.25, 0.3) is 5.78 Å². The van der Waals surface area contributed by atoms with Gasteiger partial charge in [-0.1, -0.05) is 0 Å². The van der Waals surface area contributed by atoms with Crippen LogP contribution in [0.3, 0.4) is 0 Å². The minimum atomic E-state index is -0.804. The van der Waals surface area contributed by atoms with Gasteiger partial charge in [-0.3, -0.25) is 9.78 Å². The van der Waals surface area contributed by atoms with E-state index in [0.29, 0.717) is 0 Å². The van der Waals surface area contributed by atoms with Crippen LogP contribution in [0.15, 0.2) is 11.1 Å². The molecule has 0 fully saturated rings. The van der Waals surface area contributed by atoms with Gasteiger partial charge < -0.3 is 4.74 Å². The fourth-order valence-corrected chi connectivity index (χ4v) is 0.929. The third-order valence-corrected chi connectivity index (χ3v) is 1.56. The van der Waals surface area contributed by atoms with Gasteiger partial charge in [0.1, 0.15) is 6.33 Å². The Labute approximate surface area is 76.5 Å². The van der Waals surface area contributed by atoms with Gasteiger partial charge in [-0.25, -0.2) is 4.79 Å². The van der Waals surface area contributed by atoms with Crippen LogP contribution in [0, 0.1) is 0 Å². The molecule has 0 saturated carbocycles. The van der Waals surface area contributed by atoms with E-state index in [4.69, 9.17) is 0 Å². The van der Waals surface area contributed by atoms with Crippen LogP contribution in [0.5, 0.6) is 0 Å². The van der Waals surface area contributed by atoms with E-state index in [1.54, 1.807) is 0 Å². The highest BCUT2D eigenvalue weighted by Gasteiger charge is 2.14. The number of methoxy groups -OCH3 is 1. The molecule has 2 aromatic rings. The van der Waals surface area contributed by atoms with Crippen molar-refractivity contribution in [1.29, 1.82) is 0 Å². The Morgan fingerprint density at radius 3 is 3.14 bits per heavy atom. The Bertz CT molecular complexity index is 542. The molecule has 14 heavy (non-hydrogen) atoms. The second-order valence-corrected chi connectivity index (χ2v) is 2.39. The Kier molecular flexibility index (Phi) is 1.73. The fourth-order valence-electron chi connectivity index (χ4n) is 0.929. The van der Waals surface area contributed by atoms with Gasteiger partial charge in [0.05, 0.1) is 7.11 Å². The van der Waals surface area contributed by atoms with Crippen LogP contribution < -0.4 is 5.56 Å². The normalized spacial score (nSPS) is 10.4. The lowest BCUT2D eigenvalue weighted by atomic mass is 10.5. The molecule has 8 nitrogen and oxygen atoms in total. The smallest absolute Gasteiger partial charge is 0.364 e. The van der Waals surface area contributed by atoms with E-state index in [-0.39, 0.29) is 11.5 Å². The SMILES string of the molecule is COC(=O)c1nn2cnnc2[nH]c1=O. The largest absolute Gasteiger partial charge is 0.464 e. The van der Waals surface area contributed by atoms with E-state index in [1.807, 2.05) is 0 Å². The van der Waals surface area contributed by atoms with Crippen molar-refractivity contribution in [2.24, 2.45) is 0 Å². The summed E-state index contributed by atoms with van der Waals surface area (Å²) in [4.78, 5) is 24.6. The number of nitrogens with zero attached hydrogens (tertiary/aromatic N) is 4. The Hall–Kier alpha value is -2.25. The fraction of sp³-hybridized carbons (Fsp3) is 0.167. The molecule has 0 aliphatic heterocycles. The van der Waals surface area contributed by atoms with Crippen molar-refractivity contribution in [2.45, 2.75) is 0 Å². The average molecular weight is 195 g/mol. The van der Waals surface area contributed by atoms with E-state index < -0.39 is 11.5 Å². The topological polar surface area (TPSA) is 102 Å². The monoisotopic (exact) mass is 195 g/mol. The Morgan fingerprint density at radius 1 is 1.64 bits per heavy atom. The molecule has 72 valence electrons. The van der Waals surface area contributed by atoms with E-state index in [2.05, 4.69) is 25.0 Å². The van der Waals surface area contributed by atoms with Gasteiger partial charge in [0.25, 0.3) is 11.3 Å². The molecule has 0 aromatic carbocycles. The summed E-state index contributed by atoms with van der Waals surface area (Å²) in [7, 11) is 1.17. The zero-order chi connectivity index (χ0) is 10.1. The van der Waals surface area contributed by atoms with Gasteiger partial charge in [-0.05, 0) is 0 Å². The number of hydrogen-bond acceptors (Lipinski definition) is 6. The summed E-state index contributed by atoms with van der Waals surface area (Å²) in [5.74, 6) is -0.635. The number of esters is 1. The summed E-state index contributed by atoms with van der Waals surface area (Å²) in [6, 6.07) is 0. The lowest BCUT2D eigenvalue weighted by Gasteiger charge is -1.96. The molecule has 1 N–H and O–H groups in total. The number of H-pyrrole nitrogens is 1. The molecule has 0 saturated heterocycles. The van der Waals surface area contributed by atoms with Crippen LogP contribution in [0.2, 0.25) is 0 Å². The number of rotatable bonds is 1. The molecule has 0 bridgehead atoms. The van der Waals surface area contributed by atoms with E-state index in [0.717, 1.165) is 0 Å². The van der Waals surface area contributed by atoms with Gasteiger partial charge in [0.15, 0.2) is 0 Å². The van der Waals surface area contributed by atoms with Crippen molar-refractivity contribution in [3.05, 3.63) is 22.4 Å². The van der Waals surface area contributed by atoms with Crippen LogP contribution in [-0.2, 0) is 4.74 Å². The highest BCUT2D eigenvalue weighted by Crippen LogP contribution is 1.90. The minimum Gasteiger partial charge on any atom is -0.464 e. The van der Waals surface area contributed by atoms with Crippen molar-refractivity contribution in [3.63, 3.8) is 0 Å². The second-order valence-electron chi connectivity index (χ2n) is 2.39. The molecule has 0 atom stereocenters. The first-order valence-electron chi connectivity index (χ1n) is 3.61. The maximum atomic E-state index is 11.2. The van der Waals surface area contributed by atoms with Gasteiger partial charge in [-0.15, -0.1) is 10.2 Å². The number of aromatic nitrogens is 5. The quantitative estimate of drug-likeness (QED) is 0.561. The van der Waals surface area contributed by atoms with Crippen LogP contribution >= 0.6 is 0 Å². The summed E-state index contributed by atoms with van der Waals surface area (Å²) in [5.41, 5.74) is -0.989. The Morgan fingerprint density at radius 2 is 2.43 bits per heavy atom. The molecule has 0 amide bonds. The number of hydrogen-bond donors (Lipinski definition) is 1. The summed E-state index contributed by atoms with van der Waals surface area (Å²) >= 11 is 0. The van der Waals surface area contributed by atoms with Crippen molar-refractivity contribution in [2.75, 3.05) is 7.11 Å². The lowest BCUT2D eigenvalue weighted by Crippen LogP contribution is -2.23. The Balaban J connectivity index is 2.71. The molecular formula is C6H5N5O3. The molecule has 0 unspecified atom stereocenters. The standard InChI is InChI=1S/C6H5N5O3/c1-14-5(13)3-4(12)8-6-9-7-2-11(6)10-3/h2H,1H3,(H,8,9,12). The highest BCUT2D eigenvalue weighted by molar-refractivity contribution is 5.86. The number of nitrogens with one attached hydrogen (secondary N) is 1. The number of aromatic amines is 1. The summed E-state index contributed by atoms with van der Waals surface area (Å²) < 4.78 is 5.54. The second kappa shape index (κ2) is 2.91. The van der Waals surface area contributed by atoms with E-state index >= 15 is 0 Å². The number of carbonyl (C=O) groups is 1. The third-order valence-electron chi connectivity index (χ3n) is 1.56. The maximum absolute atomic E-state index is 11.2. The van der Waals surface area contributed by atoms with Gasteiger partial charge in [0.2, 0.25) is 5.69 Å². The van der Waals surface area contributed by atoms with Gasteiger partial charge in [0, 0.05) is 0 Å². The predicted molar refractivity (Wildman–Crippen MR) is 42.7 cm³/mol. The predicted octanol–water partition coefficient (Wildman–Crippen LogP) is -1.40. The van der Waals surface area contributed by atoms with E-state index in [1.165, 1.54) is 18.0 Å². The molecule has 0 radical (unpaired) electrons. The van der Waals surface area contributed by atoms with Crippen molar-refractivity contribution < 1.29 is 9.53 Å². The molecule has 2 rings (SSSR count). The van der Waals surface area contributed by atoms with Crippen molar-refractivity contribution in [3.8, 4) is 0 Å². The first kappa shape index (κ1) is 8.35. The molecule has 2 aromatic heterocycles. The van der Waals surface area contributed by atoms with Crippen LogP contribution in [0.1, 0.15) is 10.5 Å². The van der Waals surface area contributed by atoms with Crippen molar-refractivity contribution in [1.82, 2.24) is 24.8 Å². The van der Waals surface area contributed by atoms with Gasteiger partial charge in [-0.2, -0.15) is 9.61 Å². The lowest BCUT2D eigenvalue weighted by molar-refractivity contribution is 0.0590. The number of fused-ring (bicyclic) bond motifs is 1. The van der Waals surface area contributed by atoms with Crippen molar-refractivity contribution >= 4 is 11.7 Å². The minimum absolute atomic E-state index is 0.169. The van der Waals surface area contributed by atoms with Gasteiger partial charge >= 0.3 is 5.97 Å². The highest BCUT2D eigenvalue weighted by atomic mass is 16.5. The van der Waals surface area contributed by atoms with Crippen LogP contribution in [0.4, 0.5) is 0 Å². The number of carbonyl (C=O) groups excluding carboxylic acids is 1. The van der Waals surface area contributed by atoms with E-state index in [9.17, 15) is 9.59 Å². The average Bonchev–Trinajstić information content (AvgIpc) is 2.62. The molecule has 0 aliphatic carbocycles. The number of ether oxygens (including phenoxy) is 1. The molecule has 0 aliphatic rings.